The molecule has 2 rings (SSSR count). The molecule has 0 saturated carbocycles. The van der Waals surface area contributed by atoms with Crippen LogP contribution in [0.3, 0.4) is 0 Å². The number of fused-ring (bicyclic) bond motifs is 1. The van der Waals surface area contributed by atoms with E-state index < -0.39 is 0 Å². The number of hydrogen-bond acceptors (Lipinski definition) is 2. The Hall–Kier alpha value is -2.01. The Morgan fingerprint density at radius 3 is 3.00 bits per heavy atom. The van der Waals surface area contributed by atoms with E-state index in [1.54, 1.807) is 0 Å². The number of nitrogens with zero attached hydrogens (tertiary/aromatic N) is 1. The lowest BCUT2D eigenvalue weighted by Gasteiger charge is -2.03. The van der Waals surface area contributed by atoms with Crippen molar-refractivity contribution in [3.05, 3.63) is 47.7 Å². The second kappa shape index (κ2) is 3.16. The van der Waals surface area contributed by atoms with E-state index >= 15 is 0 Å². The minimum atomic E-state index is 0.676. The van der Waals surface area contributed by atoms with Crippen LogP contribution >= 0.6 is 0 Å². The van der Waals surface area contributed by atoms with Gasteiger partial charge in [-0.2, -0.15) is 5.26 Å². The summed E-state index contributed by atoms with van der Waals surface area (Å²) in [5.74, 6) is 0. The maximum atomic E-state index is 8.70. The van der Waals surface area contributed by atoms with Crippen LogP contribution in [-0.2, 0) is 0 Å². The Morgan fingerprint density at radius 2 is 2.15 bits per heavy atom. The van der Waals surface area contributed by atoms with Crippen LogP contribution < -0.4 is 5.32 Å². The van der Waals surface area contributed by atoms with Crippen molar-refractivity contribution in [3.8, 4) is 6.07 Å². The fourth-order valence-corrected chi connectivity index (χ4v) is 1.25. The van der Waals surface area contributed by atoms with Gasteiger partial charge in [0.25, 0.3) is 0 Å². The van der Waals surface area contributed by atoms with Gasteiger partial charge in [-0.05, 0) is 23.8 Å². The zero-order valence-corrected chi connectivity index (χ0v) is 6.99. The van der Waals surface area contributed by atoms with E-state index in [1.165, 1.54) is 0 Å². The number of hydrogen-bond donors (Lipinski definition) is 1. The number of nitrogens with one attached hydrogen (secondary N) is 1. The standard InChI is InChI=1S/C11H8N2/c12-8-9-4-5-10-3-1-2-6-13-11(10)7-9/h1-7,13H. The molecule has 0 fully saturated rings. The number of nitriles is 1. The molecular formula is C11H8N2. The van der Waals surface area contributed by atoms with Gasteiger partial charge >= 0.3 is 0 Å². The molecule has 2 nitrogen and oxygen atoms in total. The van der Waals surface area contributed by atoms with Gasteiger partial charge in [-0.3, -0.25) is 0 Å². The Morgan fingerprint density at radius 1 is 1.23 bits per heavy atom. The van der Waals surface area contributed by atoms with E-state index in [9.17, 15) is 0 Å². The van der Waals surface area contributed by atoms with Crippen LogP contribution in [-0.4, -0.2) is 0 Å². The first-order chi connectivity index (χ1) is 6.40. The number of benzene rings is 1. The topological polar surface area (TPSA) is 35.8 Å². The number of anilines is 1. The summed E-state index contributed by atoms with van der Waals surface area (Å²) in [6, 6.07) is 7.70. The first-order valence-electron chi connectivity index (χ1n) is 4.04. The van der Waals surface area contributed by atoms with Crippen LogP contribution in [0.15, 0.2) is 36.6 Å². The van der Waals surface area contributed by atoms with E-state index in [1.807, 2.05) is 42.6 Å². The first-order valence-corrected chi connectivity index (χ1v) is 4.04. The van der Waals surface area contributed by atoms with Gasteiger partial charge in [0, 0.05) is 11.9 Å². The maximum absolute atomic E-state index is 8.70. The molecule has 0 bridgehead atoms. The molecule has 1 aliphatic heterocycles. The van der Waals surface area contributed by atoms with Crippen molar-refractivity contribution in [2.24, 2.45) is 0 Å². The monoisotopic (exact) mass is 168 g/mol. The molecule has 0 aromatic heterocycles. The molecule has 0 unspecified atom stereocenters. The third kappa shape index (κ3) is 1.45. The van der Waals surface area contributed by atoms with Gasteiger partial charge in [0.15, 0.2) is 0 Å². The molecular weight excluding hydrogens is 160 g/mol. The minimum absolute atomic E-state index is 0.676. The predicted molar refractivity (Wildman–Crippen MR) is 53.0 cm³/mol. The summed E-state index contributed by atoms with van der Waals surface area (Å²) in [6.45, 7) is 0. The van der Waals surface area contributed by atoms with Gasteiger partial charge in [-0.1, -0.05) is 18.2 Å². The lowest BCUT2D eigenvalue weighted by atomic mass is 10.1. The lowest BCUT2D eigenvalue weighted by Crippen LogP contribution is -1.89. The van der Waals surface area contributed by atoms with Crippen LogP contribution in [0.5, 0.6) is 0 Å². The van der Waals surface area contributed by atoms with Crippen molar-refractivity contribution in [1.82, 2.24) is 0 Å². The molecule has 2 heteroatoms. The summed E-state index contributed by atoms with van der Waals surface area (Å²) in [5, 5.41) is 11.8. The van der Waals surface area contributed by atoms with Crippen molar-refractivity contribution >= 4 is 11.8 Å². The highest BCUT2D eigenvalue weighted by atomic mass is 14.8. The van der Waals surface area contributed by atoms with E-state index in [4.69, 9.17) is 5.26 Å². The van der Waals surface area contributed by atoms with Gasteiger partial charge in [0.1, 0.15) is 0 Å². The van der Waals surface area contributed by atoms with Crippen molar-refractivity contribution in [1.29, 1.82) is 5.26 Å². The Balaban J connectivity index is 2.53. The summed E-state index contributed by atoms with van der Waals surface area (Å²) in [5.41, 5.74) is 2.75. The highest BCUT2D eigenvalue weighted by Crippen LogP contribution is 2.20. The molecule has 13 heavy (non-hydrogen) atoms. The normalized spacial score (nSPS) is 12.5. The molecule has 0 saturated heterocycles. The number of rotatable bonds is 0. The number of allylic oxidation sites excluding steroid dienone is 2. The average Bonchev–Trinajstić information content (AvgIpc) is 2.41. The Kier molecular flexibility index (Phi) is 1.85. The van der Waals surface area contributed by atoms with Gasteiger partial charge < -0.3 is 5.32 Å². The molecule has 1 heterocycles. The summed E-state index contributed by atoms with van der Waals surface area (Å²) < 4.78 is 0. The quantitative estimate of drug-likeness (QED) is 0.646. The lowest BCUT2D eigenvalue weighted by molar-refractivity contribution is 1.47. The molecule has 1 aliphatic rings. The largest absolute Gasteiger partial charge is 0.361 e. The highest BCUT2D eigenvalue weighted by molar-refractivity contribution is 5.71. The van der Waals surface area contributed by atoms with Crippen LogP contribution in [0, 0.1) is 11.3 Å². The Bertz CT molecular complexity index is 422. The van der Waals surface area contributed by atoms with Gasteiger partial charge in [-0.15, -0.1) is 0 Å². The third-order valence-corrected chi connectivity index (χ3v) is 1.90. The summed E-state index contributed by atoms with van der Waals surface area (Å²) in [4.78, 5) is 0. The van der Waals surface area contributed by atoms with Gasteiger partial charge in [0.05, 0.1) is 11.6 Å². The fourth-order valence-electron chi connectivity index (χ4n) is 1.25. The third-order valence-electron chi connectivity index (χ3n) is 1.90. The highest BCUT2D eigenvalue weighted by Gasteiger charge is 2.00. The van der Waals surface area contributed by atoms with Crippen molar-refractivity contribution in [3.63, 3.8) is 0 Å². The summed E-state index contributed by atoms with van der Waals surface area (Å²) in [6.07, 6.45) is 7.74. The van der Waals surface area contributed by atoms with E-state index in [0.29, 0.717) is 5.56 Å². The molecule has 62 valence electrons. The SMILES string of the molecule is N#Cc1ccc2c(c1)NC=CC=C2. The van der Waals surface area contributed by atoms with Crippen LogP contribution in [0.4, 0.5) is 5.69 Å². The second-order valence-corrected chi connectivity index (χ2v) is 2.78. The smallest absolute Gasteiger partial charge is 0.0992 e. The van der Waals surface area contributed by atoms with Gasteiger partial charge in [-0.25, -0.2) is 0 Å². The molecule has 0 spiro atoms. The van der Waals surface area contributed by atoms with E-state index in [-0.39, 0.29) is 0 Å². The van der Waals surface area contributed by atoms with Crippen LogP contribution in [0.1, 0.15) is 11.1 Å². The molecule has 0 aliphatic carbocycles. The molecule has 0 atom stereocenters. The Labute approximate surface area is 76.8 Å². The van der Waals surface area contributed by atoms with Gasteiger partial charge in [0.2, 0.25) is 0 Å². The predicted octanol–water partition coefficient (Wildman–Crippen LogP) is 2.51. The van der Waals surface area contributed by atoms with E-state index in [0.717, 1.165) is 11.3 Å². The summed E-state index contributed by atoms with van der Waals surface area (Å²) in [7, 11) is 0. The second-order valence-electron chi connectivity index (χ2n) is 2.78. The minimum Gasteiger partial charge on any atom is -0.361 e. The van der Waals surface area contributed by atoms with Crippen molar-refractivity contribution in [2.45, 2.75) is 0 Å². The molecule has 1 aromatic rings. The maximum Gasteiger partial charge on any atom is 0.0992 e. The van der Waals surface area contributed by atoms with Crippen LogP contribution in [0.25, 0.3) is 6.08 Å². The van der Waals surface area contributed by atoms with Crippen LogP contribution in [0.2, 0.25) is 0 Å². The summed E-state index contributed by atoms with van der Waals surface area (Å²) >= 11 is 0. The molecule has 0 amide bonds. The zero-order valence-electron chi connectivity index (χ0n) is 6.99. The zero-order chi connectivity index (χ0) is 9.10. The van der Waals surface area contributed by atoms with Crippen molar-refractivity contribution < 1.29 is 0 Å². The molecule has 1 N–H and O–H groups in total. The fraction of sp³-hybridized carbons (Fsp3) is 0. The first kappa shape index (κ1) is 7.63. The average molecular weight is 168 g/mol. The van der Waals surface area contributed by atoms with E-state index in [2.05, 4.69) is 11.4 Å². The molecule has 1 aromatic carbocycles. The molecule has 0 radical (unpaired) electrons. The van der Waals surface area contributed by atoms with Crippen molar-refractivity contribution in [2.75, 3.05) is 5.32 Å².